The molecule has 1 aliphatic rings. The van der Waals surface area contributed by atoms with E-state index in [1.807, 2.05) is 0 Å². The van der Waals surface area contributed by atoms with Crippen molar-refractivity contribution in [3.63, 3.8) is 0 Å². The molecular formula is C22H16Br4N2O7. The Morgan fingerprint density at radius 2 is 1.40 bits per heavy atom. The van der Waals surface area contributed by atoms with E-state index in [0.717, 1.165) is 4.90 Å². The number of ether oxygens (including phenoxy) is 2. The molecule has 0 saturated heterocycles. The van der Waals surface area contributed by atoms with Crippen LogP contribution in [0.5, 0.6) is 0 Å². The van der Waals surface area contributed by atoms with Gasteiger partial charge in [0, 0.05) is 23.6 Å². The van der Waals surface area contributed by atoms with E-state index in [4.69, 9.17) is 9.47 Å². The van der Waals surface area contributed by atoms with Gasteiger partial charge in [-0.3, -0.25) is 19.3 Å². The van der Waals surface area contributed by atoms with Gasteiger partial charge < -0.3 is 14.8 Å². The normalized spacial score (nSPS) is 13.4. The molecule has 1 aliphatic heterocycles. The third-order valence-corrected chi connectivity index (χ3v) is 9.65. The Kier molecular flexibility index (Phi) is 8.89. The predicted octanol–water partition coefficient (Wildman–Crippen LogP) is 5.08. The molecule has 0 radical (unpaired) electrons. The van der Waals surface area contributed by atoms with Crippen molar-refractivity contribution < 1.29 is 33.4 Å². The number of benzene rings is 2. The minimum absolute atomic E-state index is 0.0978. The molecule has 1 N–H and O–H groups in total. The zero-order valence-corrected chi connectivity index (χ0v) is 24.5. The number of esters is 2. The average Bonchev–Trinajstić information content (AvgIpc) is 3.09. The third kappa shape index (κ3) is 5.52. The van der Waals surface area contributed by atoms with Crippen LogP contribution < -0.4 is 5.32 Å². The summed E-state index contributed by atoms with van der Waals surface area (Å²) in [5, 5.41) is 2.52. The summed E-state index contributed by atoms with van der Waals surface area (Å²) in [6.45, 7) is 2.63. The molecule has 0 aromatic heterocycles. The van der Waals surface area contributed by atoms with Gasteiger partial charge in [0.25, 0.3) is 17.7 Å². The molecule has 0 aliphatic carbocycles. The van der Waals surface area contributed by atoms with Crippen LogP contribution in [0.1, 0.15) is 44.9 Å². The van der Waals surface area contributed by atoms with Crippen LogP contribution in [0.4, 0.5) is 5.69 Å². The first-order valence-electron chi connectivity index (χ1n) is 9.97. The van der Waals surface area contributed by atoms with Crippen LogP contribution in [0.2, 0.25) is 0 Å². The van der Waals surface area contributed by atoms with Crippen molar-refractivity contribution in [3.05, 3.63) is 58.8 Å². The Labute approximate surface area is 233 Å². The summed E-state index contributed by atoms with van der Waals surface area (Å²) in [5.41, 5.74) is 0.892. The second-order valence-corrected chi connectivity index (χ2v) is 10.3. The van der Waals surface area contributed by atoms with Crippen molar-refractivity contribution in [3.8, 4) is 0 Å². The molecule has 0 fully saturated rings. The fraction of sp³-hybridized carbons (Fsp3) is 0.227. The number of carbonyl (C=O) groups excluding carboxylic acids is 5. The molecule has 0 unspecified atom stereocenters. The lowest BCUT2D eigenvalue weighted by molar-refractivity contribution is -0.150. The molecule has 3 rings (SSSR count). The van der Waals surface area contributed by atoms with Gasteiger partial charge in [0.1, 0.15) is 6.04 Å². The van der Waals surface area contributed by atoms with E-state index < -0.39 is 42.3 Å². The number of rotatable bonds is 7. The largest absolute Gasteiger partial charge is 0.462 e. The number of halogens is 4. The third-order valence-electron chi connectivity index (χ3n) is 4.89. The summed E-state index contributed by atoms with van der Waals surface area (Å²) in [7, 11) is 0. The lowest BCUT2D eigenvalue weighted by Crippen LogP contribution is -2.44. The lowest BCUT2D eigenvalue weighted by Gasteiger charge is -2.20. The highest BCUT2D eigenvalue weighted by atomic mass is 79.9. The molecule has 3 amide bonds. The number of amides is 3. The van der Waals surface area contributed by atoms with Crippen LogP contribution in [0.15, 0.2) is 42.2 Å². The summed E-state index contributed by atoms with van der Waals surface area (Å²) in [4.78, 5) is 63.2. The van der Waals surface area contributed by atoms with Crippen molar-refractivity contribution in [2.75, 3.05) is 18.5 Å². The van der Waals surface area contributed by atoms with Gasteiger partial charge in [-0.1, -0.05) is 0 Å². The van der Waals surface area contributed by atoms with Crippen molar-refractivity contribution in [2.24, 2.45) is 0 Å². The zero-order valence-electron chi connectivity index (χ0n) is 18.1. The standard InChI is InChI=1S/C22H16Br4N2O7/c1-3-34-22(33)10-4-6-11(7-5-10)27-12(29)8-35-21(32)9(2)28-19(30)13-14(20(28)31)16(24)18(26)17(25)15(13)23/h4-7,9H,3,8H2,1-2H3,(H,27,29)/t9-/m0/s1. The van der Waals surface area contributed by atoms with Gasteiger partial charge >= 0.3 is 11.9 Å². The molecule has 0 spiro atoms. The predicted molar refractivity (Wildman–Crippen MR) is 139 cm³/mol. The summed E-state index contributed by atoms with van der Waals surface area (Å²) >= 11 is 13.3. The maximum atomic E-state index is 13.0. The van der Waals surface area contributed by atoms with Crippen LogP contribution in [0.25, 0.3) is 0 Å². The van der Waals surface area contributed by atoms with E-state index in [0.29, 0.717) is 29.1 Å². The van der Waals surface area contributed by atoms with Gasteiger partial charge in [-0.05, 0) is 102 Å². The maximum absolute atomic E-state index is 13.0. The molecule has 2 aromatic rings. The van der Waals surface area contributed by atoms with Crippen molar-refractivity contribution >= 4 is 99.1 Å². The first kappa shape index (κ1) is 27.5. The second-order valence-electron chi connectivity index (χ2n) is 7.12. The highest BCUT2D eigenvalue weighted by molar-refractivity contribution is 9.15. The van der Waals surface area contributed by atoms with E-state index in [9.17, 15) is 24.0 Å². The number of nitrogens with zero attached hydrogens (tertiary/aromatic N) is 1. The molecule has 9 nitrogen and oxygen atoms in total. The molecule has 1 heterocycles. The van der Waals surface area contributed by atoms with Gasteiger partial charge in [-0.25, -0.2) is 9.59 Å². The van der Waals surface area contributed by atoms with Gasteiger partial charge in [0.05, 0.1) is 23.3 Å². The second kappa shape index (κ2) is 11.3. The van der Waals surface area contributed by atoms with E-state index in [1.165, 1.54) is 31.2 Å². The topological polar surface area (TPSA) is 119 Å². The van der Waals surface area contributed by atoms with Crippen LogP contribution in [0, 0.1) is 0 Å². The van der Waals surface area contributed by atoms with Crippen molar-refractivity contribution in [2.45, 2.75) is 19.9 Å². The van der Waals surface area contributed by atoms with Gasteiger partial charge in [-0.2, -0.15) is 0 Å². The molecule has 2 aromatic carbocycles. The molecule has 184 valence electrons. The Balaban J connectivity index is 1.63. The fourth-order valence-corrected chi connectivity index (χ4v) is 5.64. The van der Waals surface area contributed by atoms with Gasteiger partial charge in [-0.15, -0.1) is 0 Å². The molecule has 35 heavy (non-hydrogen) atoms. The van der Waals surface area contributed by atoms with Crippen LogP contribution in [-0.2, 0) is 19.1 Å². The summed E-state index contributed by atoms with van der Waals surface area (Å²) < 4.78 is 11.7. The van der Waals surface area contributed by atoms with E-state index in [2.05, 4.69) is 69.0 Å². The molecule has 1 atom stereocenters. The Morgan fingerprint density at radius 3 is 1.89 bits per heavy atom. The number of hydrogen-bond donors (Lipinski definition) is 1. The number of imide groups is 1. The first-order valence-corrected chi connectivity index (χ1v) is 13.1. The minimum Gasteiger partial charge on any atom is -0.462 e. The van der Waals surface area contributed by atoms with Gasteiger partial charge in [0.15, 0.2) is 6.61 Å². The average molecular weight is 740 g/mol. The number of anilines is 1. The van der Waals surface area contributed by atoms with Crippen LogP contribution in [-0.4, -0.2) is 53.8 Å². The zero-order chi connectivity index (χ0) is 26.0. The number of fused-ring (bicyclic) bond motifs is 1. The Bertz CT molecular complexity index is 1200. The quantitative estimate of drug-likeness (QED) is 0.182. The fourth-order valence-electron chi connectivity index (χ4n) is 3.18. The monoisotopic (exact) mass is 736 g/mol. The first-order chi connectivity index (χ1) is 16.5. The van der Waals surface area contributed by atoms with E-state index >= 15 is 0 Å². The smallest absolute Gasteiger partial charge is 0.338 e. The summed E-state index contributed by atoms with van der Waals surface area (Å²) in [5.74, 6) is -3.42. The lowest BCUT2D eigenvalue weighted by atomic mass is 10.1. The molecule has 13 heteroatoms. The number of nitrogens with one attached hydrogen (secondary N) is 1. The van der Waals surface area contributed by atoms with Gasteiger partial charge in [0.2, 0.25) is 0 Å². The number of hydrogen-bond acceptors (Lipinski definition) is 7. The SMILES string of the molecule is CCOC(=O)c1ccc(NC(=O)COC(=O)[C@H](C)N2C(=O)c3c(Br)c(Br)c(Br)c(Br)c3C2=O)cc1. The van der Waals surface area contributed by atoms with Crippen LogP contribution >= 0.6 is 63.7 Å². The Morgan fingerprint density at radius 1 is 0.886 bits per heavy atom. The Hall–Kier alpha value is -2.09. The maximum Gasteiger partial charge on any atom is 0.338 e. The summed E-state index contributed by atoms with van der Waals surface area (Å²) in [6, 6.07) is 4.68. The molecule has 0 saturated carbocycles. The van der Waals surface area contributed by atoms with Crippen LogP contribution in [0.3, 0.4) is 0 Å². The van der Waals surface area contributed by atoms with Crippen molar-refractivity contribution in [1.29, 1.82) is 0 Å². The summed E-state index contributed by atoms with van der Waals surface area (Å²) in [6.07, 6.45) is 0. The van der Waals surface area contributed by atoms with Crippen molar-refractivity contribution in [1.82, 2.24) is 4.90 Å². The highest BCUT2D eigenvalue weighted by Crippen LogP contribution is 2.45. The highest BCUT2D eigenvalue weighted by Gasteiger charge is 2.45. The van der Waals surface area contributed by atoms with E-state index in [1.54, 1.807) is 6.92 Å². The molecule has 0 bridgehead atoms. The van der Waals surface area contributed by atoms with E-state index in [-0.39, 0.29) is 17.7 Å². The minimum atomic E-state index is -1.28. The number of carbonyl (C=O) groups is 5. The molecular weight excluding hydrogens is 724 g/mol.